The Balaban J connectivity index is 1.55. The SMILES string of the molecule is O=CCCOCCOCCOCCOCCNC(=O)c1ccc2nc(CBr)c(CBr)nc2c1. The number of halogens is 2. The molecule has 11 heteroatoms. The van der Waals surface area contributed by atoms with Gasteiger partial charge in [0.15, 0.2) is 0 Å². The predicted molar refractivity (Wildman–Crippen MR) is 131 cm³/mol. The van der Waals surface area contributed by atoms with Crippen LogP contribution in [0.3, 0.4) is 0 Å². The normalized spacial score (nSPS) is 11.1. The van der Waals surface area contributed by atoms with Crippen molar-refractivity contribution in [3.05, 3.63) is 35.2 Å². The highest BCUT2D eigenvalue weighted by Gasteiger charge is 2.10. The number of aldehydes is 1. The average Bonchev–Trinajstić information content (AvgIpc) is 2.84. The van der Waals surface area contributed by atoms with E-state index in [0.717, 1.165) is 23.2 Å². The van der Waals surface area contributed by atoms with Crippen LogP contribution in [0.4, 0.5) is 0 Å². The molecule has 0 bridgehead atoms. The first-order valence-electron chi connectivity index (χ1n) is 10.6. The molecule has 1 amide bonds. The van der Waals surface area contributed by atoms with Crippen LogP contribution < -0.4 is 5.32 Å². The van der Waals surface area contributed by atoms with Crippen LogP contribution in [0.25, 0.3) is 11.0 Å². The van der Waals surface area contributed by atoms with Gasteiger partial charge in [0.1, 0.15) is 6.29 Å². The van der Waals surface area contributed by atoms with Gasteiger partial charge in [0.2, 0.25) is 0 Å². The summed E-state index contributed by atoms with van der Waals surface area (Å²) < 4.78 is 21.4. The van der Waals surface area contributed by atoms with E-state index in [0.29, 0.717) is 87.6 Å². The average molecular weight is 591 g/mol. The third-order valence-corrected chi connectivity index (χ3v) is 5.42. The molecule has 1 N–H and O–H groups in total. The molecule has 1 aromatic carbocycles. The summed E-state index contributed by atoms with van der Waals surface area (Å²) in [4.78, 5) is 31.7. The van der Waals surface area contributed by atoms with E-state index in [1.165, 1.54) is 0 Å². The third kappa shape index (κ3) is 10.5. The minimum Gasteiger partial charge on any atom is -0.379 e. The second-order valence-corrected chi connectivity index (χ2v) is 7.87. The van der Waals surface area contributed by atoms with Gasteiger partial charge in [0.25, 0.3) is 5.91 Å². The topological polar surface area (TPSA) is 109 Å². The second-order valence-electron chi connectivity index (χ2n) is 6.75. The summed E-state index contributed by atoms with van der Waals surface area (Å²) in [6.45, 7) is 3.96. The molecule has 0 aliphatic carbocycles. The molecule has 33 heavy (non-hydrogen) atoms. The Kier molecular flexibility index (Phi) is 14.3. The standard InChI is InChI=1S/C22H29Br2N3O6/c23-15-20-21(16-24)27-19-14-17(2-3-18(19)26-20)22(29)25-4-7-31-9-11-33-13-12-32-10-8-30-6-1-5-28/h2-3,5,14H,1,4,6-13,15-16H2,(H,25,29). The zero-order chi connectivity index (χ0) is 23.7. The van der Waals surface area contributed by atoms with Gasteiger partial charge in [-0.25, -0.2) is 9.97 Å². The number of benzene rings is 1. The van der Waals surface area contributed by atoms with Gasteiger partial charge in [-0.2, -0.15) is 0 Å². The van der Waals surface area contributed by atoms with Crippen LogP contribution in [0.5, 0.6) is 0 Å². The number of hydrogen-bond acceptors (Lipinski definition) is 8. The molecule has 182 valence electrons. The second kappa shape index (κ2) is 17.0. The Morgan fingerprint density at radius 3 is 1.94 bits per heavy atom. The number of carbonyl (C=O) groups is 2. The quantitative estimate of drug-likeness (QED) is 0.160. The van der Waals surface area contributed by atoms with Crippen LogP contribution in [0, 0.1) is 0 Å². The van der Waals surface area contributed by atoms with Gasteiger partial charge < -0.3 is 29.1 Å². The van der Waals surface area contributed by atoms with Crippen LogP contribution in [-0.2, 0) is 34.4 Å². The summed E-state index contributed by atoms with van der Waals surface area (Å²) in [6.07, 6.45) is 1.23. The predicted octanol–water partition coefficient (Wildman–Crippen LogP) is 2.80. The minimum absolute atomic E-state index is 0.184. The van der Waals surface area contributed by atoms with Gasteiger partial charge in [0.05, 0.1) is 75.3 Å². The molecule has 0 saturated carbocycles. The molecule has 0 atom stereocenters. The number of nitrogens with one attached hydrogen (secondary N) is 1. The minimum atomic E-state index is -0.184. The number of amides is 1. The molecule has 0 saturated heterocycles. The molecule has 0 fully saturated rings. The van der Waals surface area contributed by atoms with Crippen molar-refractivity contribution < 1.29 is 28.5 Å². The Hall–Kier alpha value is -1.50. The smallest absolute Gasteiger partial charge is 0.251 e. The highest BCUT2D eigenvalue weighted by atomic mass is 79.9. The fraction of sp³-hybridized carbons (Fsp3) is 0.545. The van der Waals surface area contributed by atoms with Crippen LogP contribution >= 0.6 is 31.9 Å². The number of fused-ring (bicyclic) bond motifs is 1. The maximum absolute atomic E-state index is 12.4. The zero-order valence-corrected chi connectivity index (χ0v) is 21.6. The van der Waals surface area contributed by atoms with Crippen molar-refractivity contribution >= 4 is 55.1 Å². The number of rotatable bonds is 18. The van der Waals surface area contributed by atoms with Gasteiger partial charge in [-0.3, -0.25) is 4.79 Å². The van der Waals surface area contributed by atoms with Crippen molar-refractivity contribution in [2.45, 2.75) is 17.1 Å². The van der Waals surface area contributed by atoms with Crippen molar-refractivity contribution in [1.82, 2.24) is 15.3 Å². The van der Waals surface area contributed by atoms with E-state index in [1.54, 1.807) is 18.2 Å². The number of aromatic nitrogens is 2. The molecule has 2 rings (SSSR count). The van der Waals surface area contributed by atoms with Gasteiger partial charge in [-0.15, -0.1) is 0 Å². The highest BCUT2D eigenvalue weighted by Crippen LogP contribution is 2.18. The molecule has 0 aliphatic rings. The summed E-state index contributed by atoms with van der Waals surface area (Å²) in [7, 11) is 0. The molecule has 9 nitrogen and oxygen atoms in total. The Labute approximate surface area is 210 Å². The first-order valence-corrected chi connectivity index (χ1v) is 12.9. The maximum atomic E-state index is 12.4. The van der Waals surface area contributed by atoms with E-state index in [1.807, 2.05) is 0 Å². The summed E-state index contributed by atoms with van der Waals surface area (Å²) in [5.41, 5.74) is 3.69. The van der Waals surface area contributed by atoms with Gasteiger partial charge in [-0.05, 0) is 18.2 Å². The molecule has 1 heterocycles. The van der Waals surface area contributed by atoms with Crippen molar-refractivity contribution in [2.24, 2.45) is 0 Å². The van der Waals surface area contributed by atoms with Crippen molar-refractivity contribution in [1.29, 1.82) is 0 Å². The monoisotopic (exact) mass is 589 g/mol. The van der Waals surface area contributed by atoms with Crippen LogP contribution in [-0.4, -0.2) is 81.6 Å². The molecule has 1 aromatic heterocycles. The number of ether oxygens (including phenoxy) is 4. The van der Waals surface area contributed by atoms with E-state index < -0.39 is 0 Å². The van der Waals surface area contributed by atoms with Crippen molar-refractivity contribution in [3.63, 3.8) is 0 Å². The first-order chi connectivity index (χ1) is 16.2. The number of nitrogens with zero attached hydrogens (tertiary/aromatic N) is 2. The van der Waals surface area contributed by atoms with E-state index in [-0.39, 0.29) is 5.91 Å². The number of carbonyl (C=O) groups excluding carboxylic acids is 2. The van der Waals surface area contributed by atoms with Crippen molar-refractivity contribution in [3.8, 4) is 0 Å². The van der Waals surface area contributed by atoms with Crippen LogP contribution in [0.15, 0.2) is 18.2 Å². The molecular weight excluding hydrogens is 562 g/mol. The highest BCUT2D eigenvalue weighted by molar-refractivity contribution is 9.09. The van der Waals surface area contributed by atoms with Gasteiger partial charge in [0, 0.05) is 29.2 Å². The lowest BCUT2D eigenvalue weighted by Gasteiger charge is -2.09. The largest absolute Gasteiger partial charge is 0.379 e. The fourth-order valence-electron chi connectivity index (χ4n) is 2.71. The lowest BCUT2D eigenvalue weighted by atomic mass is 10.1. The number of alkyl halides is 2. The lowest BCUT2D eigenvalue weighted by molar-refractivity contribution is -0.108. The molecule has 0 radical (unpaired) electrons. The lowest BCUT2D eigenvalue weighted by Crippen LogP contribution is -2.27. The van der Waals surface area contributed by atoms with E-state index in [2.05, 4.69) is 47.1 Å². The first kappa shape index (κ1) is 27.7. The van der Waals surface area contributed by atoms with Crippen LogP contribution in [0.1, 0.15) is 28.2 Å². The number of hydrogen-bond donors (Lipinski definition) is 1. The van der Waals surface area contributed by atoms with E-state index >= 15 is 0 Å². The summed E-state index contributed by atoms with van der Waals surface area (Å²) in [5.74, 6) is -0.184. The van der Waals surface area contributed by atoms with E-state index in [9.17, 15) is 9.59 Å². The summed E-state index contributed by atoms with van der Waals surface area (Å²) >= 11 is 6.85. The van der Waals surface area contributed by atoms with E-state index in [4.69, 9.17) is 18.9 Å². The maximum Gasteiger partial charge on any atom is 0.251 e. The van der Waals surface area contributed by atoms with Crippen LogP contribution in [0.2, 0.25) is 0 Å². The Morgan fingerprint density at radius 2 is 1.36 bits per heavy atom. The summed E-state index contributed by atoms with van der Waals surface area (Å²) in [6, 6.07) is 5.29. The molecule has 0 aliphatic heterocycles. The summed E-state index contributed by atoms with van der Waals surface area (Å²) in [5, 5.41) is 4.06. The molecule has 0 unspecified atom stereocenters. The molecular formula is C22H29Br2N3O6. The zero-order valence-electron chi connectivity index (χ0n) is 18.4. The molecule has 2 aromatic rings. The van der Waals surface area contributed by atoms with Gasteiger partial charge in [-0.1, -0.05) is 31.9 Å². The fourth-order valence-corrected chi connectivity index (χ4v) is 3.61. The third-order valence-electron chi connectivity index (χ3n) is 4.36. The van der Waals surface area contributed by atoms with Gasteiger partial charge >= 0.3 is 0 Å². The Morgan fingerprint density at radius 1 is 0.818 bits per heavy atom. The van der Waals surface area contributed by atoms with Crippen molar-refractivity contribution in [2.75, 3.05) is 59.4 Å². The molecule has 0 spiro atoms. The Bertz CT molecular complexity index is 871.